The fourth-order valence-electron chi connectivity index (χ4n) is 2.70. The van der Waals surface area contributed by atoms with Crippen molar-refractivity contribution in [2.45, 2.75) is 70.8 Å². The van der Waals surface area contributed by atoms with Gasteiger partial charge < -0.3 is 21.9 Å². The molecule has 0 bridgehead atoms. The standard InChI is InChI=1S/C27H42N4O3/c1-2-3-4-5-6-7-8-9-10-11-12-13-14-15-16-17-18-19-20-21-25(32)31-24(26(33)34)22-23-30-27(28)29/h3-4,6-7,9-10,12-13,15-16,18-19,24H,2,5,8,11,14,17,20-23H2,1H3,(H,31,32)(H,33,34)(H4,28,29,30)/b4-3-,7-6-,10-9-,13-12-,16-15-,19-18-/t24-/m0/s1. The first-order valence-electron chi connectivity index (χ1n) is 11.9. The van der Waals surface area contributed by atoms with E-state index in [1.807, 2.05) is 12.2 Å². The second-order valence-corrected chi connectivity index (χ2v) is 7.51. The van der Waals surface area contributed by atoms with E-state index in [4.69, 9.17) is 16.6 Å². The monoisotopic (exact) mass is 470 g/mol. The predicted octanol–water partition coefficient (Wildman–Crippen LogP) is 4.70. The van der Waals surface area contributed by atoms with Crippen molar-refractivity contribution in [3.8, 4) is 0 Å². The maximum absolute atomic E-state index is 11.9. The summed E-state index contributed by atoms with van der Waals surface area (Å²) in [5, 5.41) is 11.7. The maximum atomic E-state index is 11.9. The minimum Gasteiger partial charge on any atom is -0.480 e. The topological polar surface area (TPSA) is 131 Å². The Bertz CT molecular complexity index is 758. The summed E-state index contributed by atoms with van der Waals surface area (Å²) < 4.78 is 0. The van der Waals surface area contributed by atoms with Gasteiger partial charge in [0.1, 0.15) is 6.04 Å². The molecule has 0 fully saturated rings. The molecule has 0 saturated carbocycles. The van der Waals surface area contributed by atoms with Crippen molar-refractivity contribution in [2.75, 3.05) is 6.54 Å². The van der Waals surface area contributed by atoms with Gasteiger partial charge in [-0.2, -0.15) is 0 Å². The van der Waals surface area contributed by atoms with Gasteiger partial charge in [-0.05, 0) is 51.4 Å². The summed E-state index contributed by atoms with van der Waals surface area (Å²) in [4.78, 5) is 26.9. The summed E-state index contributed by atoms with van der Waals surface area (Å²) >= 11 is 0. The highest BCUT2D eigenvalue weighted by molar-refractivity contribution is 5.83. The number of amides is 1. The molecule has 0 rings (SSSR count). The van der Waals surface area contributed by atoms with Crippen LogP contribution in [0.1, 0.15) is 64.7 Å². The Morgan fingerprint density at radius 3 is 1.65 bits per heavy atom. The Kier molecular flexibility index (Phi) is 20.6. The smallest absolute Gasteiger partial charge is 0.326 e. The van der Waals surface area contributed by atoms with Crippen molar-refractivity contribution in [2.24, 2.45) is 16.5 Å². The summed E-state index contributed by atoms with van der Waals surface area (Å²) in [6.45, 7) is 2.28. The lowest BCUT2D eigenvalue weighted by Gasteiger charge is -2.13. The Balaban J connectivity index is 3.86. The maximum Gasteiger partial charge on any atom is 0.326 e. The Labute approximate surface area is 204 Å². The number of carbonyl (C=O) groups is 2. The zero-order valence-corrected chi connectivity index (χ0v) is 20.4. The van der Waals surface area contributed by atoms with Gasteiger partial charge in [-0.1, -0.05) is 79.8 Å². The highest BCUT2D eigenvalue weighted by atomic mass is 16.4. The molecule has 0 aromatic carbocycles. The lowest BCUT2D eigenvalue weighted by atomic mass is 10.2. The molecule has 0 unspecified atom stereocenters. The molecule has 0 saturated heterocycles. The molecule has 0 aromatic heterocycles. The second kappa shape index (κ2) is 22.8. The molecular weight excluding hydrogens is 428 g/mol. The first-order valence-corrected chi connectivity index (χ1v) is 11.9. The van der Waals surface area contributed by atoms with Crippen molar-refractivity contribution in [3.05, 3.63) is 72.9 Å². The summed E-state index contributed by atoms with van der Waals surface area (Å²) in [6.07, 6.45) is 32.1. The van der Waals surface area contributed by atoms with Gasteiger partial charge in [0.2, 0.25) is 5.91 Å². The number of nitrogens with zero attached hydrogens (tertiary/aromatic N) is 1. The fourth-order valence-corrected chi connectivity index (χ4v) is 2.70. The average molecular weight is 471 g/mol. The molecule has 7 heteroatoms. The SMILES string of the molecule is CC/C=C\C/C=C\C/C=C\C/C=C\C/C=C\C/C=C\CCC(=O)N[C@@H](CCN=C(N)N)C(=O)O. The number of carboxylic acid groups (broad SMARTS) is 1. The van der Waals surface area contributed by atoms with Crippen LogP contribution in [-0.4, -0.2) is 35.5 Å². The highest BCUT2D eigenvalue weighted by Gasteiger charge is 2.18. The molecule has 0 aromatic rings. The third kappa shape index (κ3) is 21.9. The summed E-state index contributed by atoms with van der Waals surface area (Å²) in [5.41, 5.74) is 10.4. The number of nitrogens with two attached hydrogens (primary N) is 2. The fraction of sp³-hybridized carbons (Fsp3) is 0.444. The molecule has 34 heavy (non-hydrogen) atoms. The number of carboxylic acids is 1. The van der Waals surface area contributed by atoms with Gasteiger partial charge >= 0.3 is 5.97 Å². The normalized spacial score (nSPS) is 13.2. The highest BCUT2D eigenvalue weighted by Crippen LogP contribution is 2.00. The van der Waals surface area contributed by atoms with E-state index < -0.39 is 12.0 Å². The van der Waals surface area contributed by atoms with Gasteiger partial charge in [0.25, 0.3) is 0 Å². The molecule has 0 aliphatic heterocycles. The van der Waals surface area contributed by atoms with Gasteiger partial charge in [-0.15, -0.1) is 0 Å². The molecule has 188 valence electrons. The molecule has 7 nitrogen and oxygen atoms in total. The lowest BCUT2D eigenvalue weighted by molar-refractivity contribution is -0.141. The zero-order valence-electron chi connectivity index (χ0n) is 20.4. The molecule has 1 amide bonds. The van der Waals surface area contributed by atoms with E-state index in [0.29, 0.717) is 6.42 Å². The number of hydrogen-bond donors (Lipinski definition) is 4. The van der Waals surface area contributed by atoms with Crippen LogP contribution in [0.15, 0.2) is 77.9 Å². The third-order valence-electron chi connectivity index (χ3n) is 4.48. The van der Waals surface area contributed by atoms with Gasteiger partial charge in [-0.25, -0.2) is 4.79 Å². The first kappa shape index (κ1) is 30.6. The number of allylic oxidation sites excluding steroid dienone is 12. The van der Waals surface area contributed by atoms with Crippen LogP contribution in [-0.2, 0) is 9.59 Å². The van der Waals surface area contributed by atoms with Gasteiger partial charge in [-0.3, -0.25) is 9.79 Å². The summed E-state index contributed by atoms with van der Waals surface area (Å²) in [7, 11) is 0. The number of rotatable bonds is 19. The van der Waals surface area contributed by atoms with Crippen molar-refractivity contribution < 1.29 is 14.7 Å². The van der Waals surface area contributed by atoms with E-state index >= 15 is 0 Å². The second-order valence-electron chi connectivity index (χ2n) is 7.51. The summed E-state index contributed by atoms with van der Waals surface area (Å²) in [6, 6.07) is -0.999. The third-order valence-corrected chi connectivity index (χ3v) is 4.48. The Morgan fingerprint density at radius 2 is 1.24 bits per heavy atom. The van der Waals surface area contributed by atoms with Crippen LogP contribution in [0.3, 0.4) is 0 Å². The quantitative estimate of drug-likeness (QED) is 0.123. The number of carbonyl (C=O) groups excluding carboxylic acids is 1. The molecule has 0 radical (unpaired) electrons. The Hall–Kier alpha value is -3.35. The van der Waals surface area contributed by atoms with E-state index in [1.54, 1.807) is 0 Å². The van der Waals surface area contributed by atoms with Gasteiger partial charge in [0, 0.05) is 13.0 Å². The van der Waals surface area contributed by atoms with Crippen molar-refractivity contribution >= 4 is 17.8 Å². The molecule has 0 aliphatic rings. The lowest BCUT2D eigenvalue weighted by Crippen LogP contribution is -2.41. The van der Waals surface area contributed by atoms with Crippen LogP contribution in [0.5, 0.6) is 0 Å². The van der Waals surface area contributed by atoms with E-state index in [1.165, 1.54) is 0 Å². The zero-order chi connectivity index (χ0) is 25.3. The largest absolute Gasteiger partial charge is 0.480 e. The minimum atomic E-state index is -1.10. The number of aliphatic carboxylic acids is 1. The summed E-state index contributed by atoms with van der Waals surface area (Å²) in [5.74, 6) is -1.52. The van der Waals surface area contributed by atoms with Crippen LogP contribution in [0.25, 0.3) is 0 Å². The predicted molar refractivity (Wildman–Crippen MR) is 142 cm³/mol. The van der Waals surface area contributed by atoms with E-state index in [2.05, 4.69) is 78.0 Å². The molecule has 0 spiro atoms. The molecule has 1 atom stereocenters. The van der Waals surface area contributed by atoms with Crippen LogP contribution in [0.4, 0.5) is 0 Å². The molecule has 0 aliphatic carbocycles. The van der Waals surface area contributed by atoms with E-state index in [-0.39, 0.29) is 31.3 Å². The van der Waals surface area contributed by atoms with Crippen LogP contribution in [0, 0.1) is 0 Å². The number of guanidine groups is 1. The van der Waals surface area contributed by atoms with Crippen molar-refractivity contribution in [3.63, 3.8) is 0 Å². The van der Waals surface area contributed by atoms with Crippen molar-refractivity contribution in [1.82, 2.24) is 5.32 Å². The number of nitrogens with one attached hydrogen (secondary N) is 1. The van der Waals surface area contributed by atoms with E-state index in [0.717, 1.165) is 38.5 Å². The van der Waals surface area contributed by atoms with Crippen LogP contribution < -0.4 is 16.8 Å². The first-order chi connectivity index (χ1) is 16.5. The number of hydrogen-bond acceptors (Lipinski definition) is 3. The van der Waals surface area contributed by atoms with E-state index in [9.17, 15) is 9.59 Å². The van der Waals surface area contributed by atoms with Gasteiger partial charge in [0.15, 0.2) is 5.96 Å². The molecule has 0 heterocycles. The molecular formula is C27H42N4O3. The van der Waals surface area contributed by atoms with Crippen LogP contribution >= 0.6 is 0 Å². The Morgan fingerprint density at radius 1 is 0.794 bits per heavy atom. The number of aliphatic imine (C=N–C) groups is 1. The van der Waals surface area contributed by atoms with Gasteiger partial charge in [0.05, 0.1) is 0 Å². The molecule has 6 N–H and O–H groups in total. The average Bonchev–Trinajstić information content (AvgIpc) is 2.79. The van der Waals surface area contributed by atoms with Crippen LogP contribution in [0.2, 0.25) is 0 Å². The van der Waals surface area contributed by atoms with Crippen molar-refractivity contribution in [1.29, 1.82) is 0 Å². The minimum absolute atomic E-state index is 0.104.